The molecule has 2 nitrogen and oxygen atoms in total. The lowest BCUT2D eigenvalue weighted by atomic mass is 9.97. The number of anilines is 1. The molecule has 2 aromatic carbocycles. The number of rotatable bonds is 3. The van der Waals surface area contributed by atoms with Crippen molar-refractivity contribution in [1.82, 2.24) is 4.90 Å². The van der Waals surface area contributed by atoms with Gasteiger partial charge in [0.05, 0.1) is 6.04 Å². The zero-order valence-corrected chi connectivity index (χ0v) is 10.6. The number of hydrogen-bond acceptors (Lipinski definition) is 2. The van der Waals surface area contributed by atoms with Crippen molar-refractivity contribution in [2.45, 2.75) is 6.04 Å². The van der Waals surface area contributed by atoms with E-state index in [2.05, 4.69) is 4.90 Å². The van der Waals surface area contributed by atoms with Gasteiger partial charge >= 0.3 is 0 Å². The summed E-state index contributed by atoms with van der Waals surface area (Å²) < 4.78 is 13.0. The first-order valence-corrected chi connectivity index (χ1v) is 5.85. The number of nitrogen functional groups attached to an aromatic ring is 1. The Balaban J connectivity index is 2.39. The highest BCUT2D eigenvalue weighted by atomic mass is 19.1. The molecule has 2 aromatic rings. The molecule has 0 radical (unpaired) electrons. The number of nitrogens with zero attached hydrogens (tertiary/aromatic N) is 1. The number of nitrogens with two attached hydrogens (primary N) is 1. The van der Waals surface area contributed by atoms with Crippen LogP contribution in [-0.2, 0) is 0 Å². The fourth-order valence-electron chi connectivity index (χ4n) is 2.11. The average molecular weight is 244 g/mol. The van der Waals surface area contributed by atoms with Gasteiger partial charge in [-0.25, -0.2) is 4.39 Å². The fourth-order valence-corrected chi connectivity index (χ4v) is 2.11. The summed E-state index contributed by atoms with van der Waals surface area (Å²) in [6.07, 6.45) is 0. The number of benzene rings is 2. The second-order valence-electron chi connectivity index (χ2n) is 4.58. The summed E-state index contributed by atoms with van der Waals surface area (Å²) in [6, 6.07) is 14.5. The minimum atomic E-state index is -0.214. The Kier molecular flexibility index (Phi) is 3.63. The highest BCUT2D eigenvalue weighted by molar-refractivity contribution is 5.42. The van der Waals surface area contributed by atoms with Crippen molar-refractivity contribution in [2.75, 3.05) is 19.8 Å². The minimum Gasteiger partial charge on any atom is -0.399 e. The predicted octanol–water partition coefficient (Wildman–Crippen LogP) is 3.06. The second kappa shape index (κ2) is 5.19. The van der Waals surface area contributed by atoms with E-state index in [1.807, 2.05) is 50.5 Å². The molecule has 0 spiro atoms. The van der Waals surface area contributed by atoms with Gasteiger partial charge in [0.1, 0.15) is 5.82 Å². The van der Waals surface area contributed by atoms with Crippen LogP contribution in [0, 0.1) is 5.82 Å². The summed E-state index contributed by atoms with van der Waals surface area (Å²) in [5.41, 5.74) is 8.64. The molecule has 0 heterocycles. The van der Waals surface area contributed by atoms with Gasteiger partial charge in [0, 0.05) is 5.69 Å². The lowest BCUT2D eigenvalue weighted by molar-refractivity contribution is 0.342. The largest absolute Gasteiger partial charge is 0.399 e. The first kappa shape index (κ1) is 12.6. The molecule has 0 bridgehead atoms. The van der Waals surface area contributed by atoms with Gasteiger partial charge in [-0.2, -0.15) is 0 Å². The molecule has 0 aliphatic rings. The molecular weight excluding hydrogens is 227 g/mol. The van der Waals surface area contributed by atoms with Gasteiger partial charge < -0.3 is 5.73 Å². The van der Waals surface area contributed by atoms with Crippen LogP contribution in [0.3, 0.4) is 0 Å². The van der Waals surface area contributed by atoms with E-state index in [0.29, 0.717) is 0 Å². The molecular formula is C15H17FN2. The Morgan fingerprint density at radius 3 is 1.78 bits per heavy atom. The smallest absolute Gasteiger partial charge is 0.123 e. The minimum absolute atomic E-state index is 0.103. The summed E-state index contributed by atoms with van der Waals surface area (Å²) >= 11 is 0. The van der Waals surface area contributed by atoms with Crippen LogP contribution in [-0.4, -0.2) is 19.0 Å². The Morgan fingerprint density at radius 2 is 1.33 bits per heavy atom. The summed E-state index contributed by atoms with van der Waals surface area (Å²) in [5.74, 6) is -0.214. The first-order valence-electron chi connectivity index (χ1n) is 5.85. The van der Waals surface area contributed by atoms with Crippen LogP contribution >= 0.6 is 0 Å². The number of hydrogen-bond donors (Lipinski definition) is 1. The van der Waals surface area contributed by atoms with E-state index in [0.717, 1.165) is 16.8 Å². The molecule has 1 unspecified atom stereocenters. The van der Waals surface area contributed by atoms with Gasteiger partial charge in [0.2, 0.25) is 0 Å². The Hall–Kier alpha value is -1.87. The Labute approximate surface area is 107 Å². The average Bonchev–Trinajstić information content (AvgIpc) is 2.34. The molecule has 0 saturated carbocycles. The zero-order valence-electron chi connectivity index (χ0n) is 10.6. The highest BCUT2D eigenvalue weighted by Gasteiger charge is 2.16. The predicted molar refractivity (Wildman–Crippen MR) is 72.8 cm³/mol. The fraction of sp³-hybridized carbons (Fsp3) is 0.200. The molecule has 0 aromatic heterocycles. The third kappa shape index (κ3) is 2.68. The second-order valence-corrected chi connectivity index (χ2v) is 4.58. The van der Waals surface area contributed by atoms with E-state index < -0.39 is 0 Å². The molecule has 18 heavy (non-hydrogen) atoms. The summed E-state index contributed by atoms with van der Waals surface area (Å²) in [7, 11) is 4.01. The molecule has 2 N–H and O–H groups in total. The first-order chi connectivity index (χ1) is 8.58. The van der Waals surface area contributed by atoms with Gasteiger partial charge in [0.25, 0.3) is 0 Å². The van der Waals surface area contributed by atoms with Crippen LogP contribution in [0.2, 0.25) is 0 Å². The molecule has 94 valence electrons. The monoisotopic (exact) mass is 244 g/mol. The van der Waals surface area contributed by atoms with Crippen molar-refractivity contribution in [3.05, 3.63) is 65.5 Å². The van der Waals surface area contributed by atoms with Crippen LogP contribution in [0.5, 0.6) is 0 Å². The van der Waals surface area contributed by atoms with Crippen molar-refractivity contribution < 1.29 is 4.39 Å². The molecule has 0 aliphatic carbocycles. The maximum atomic E-state index is 13.0. The molecule has 2 rings (SSSR count). The van der Waals surface area contributed by atoms with Gasteiger partial charge in [-0.05, 0) is 49.5 Å². The summed E-state index contributed by atoms with van der Waals surface area (Å²) in [4.78, 5) is 2.10. The van der Waals surface area contributed by atoms with Crippen molar-refractivity contribution in [1.29, 1.82) is 0 Å². The highest BCUT2D eigenvalue weighted by Crippen LogP contribution is 2.27. The van der Waals surface area contributed by atoms with E-state index in [4.69, 9.17) is 5.73 Å². The SMILES string of the molecule is CN(C)C(c1ccc(N)cc1)c1ccc(F)cc1. The van der Waals surface area contributed by atoms with Crippen LogP contribution in [0.15, 0.2) is 48.5 Å². The zero-order chi connectivity index (χ0) is 13.1. The van der Waals surface area contributed by atoms with Gasteiger partial charge in [-0.1, -0.05) is 24.3 Å². The van der Waals surface area contributed by atoms with E-state index >= 15 is 0 Å². The van der Waals surface area contributed by atoms with Crippen molar-refractivity contribution in [3.8, 4) is 0 Å². The van der Waals surface area contributed by atoms with Crippen LogP contribution in [0.4, 0.5) is 10.1 Å². The van der Waals surface area contributed by atoms with Crippen LogP contribution in [0.25, 0.3) is 0 Å². The molecule has 3 heteroatoms. The van der Waals surface area contributed by atoms with Crippen LogP contribution in [0.1, 0.15) is 17.2 Å². The maximum Gasteiger partial charge on any atom is 0.123 e. The molecule has 0 aliphatic heterocycles. The van der Waals surface area contributed by atoms with Crippen molar-refractivity contribution in [3.63, 3.8) is 0 Å². The molecule has 0 fully saturated rings. The normalized spacial score (nSPS) is 12.7. The lowest BCUT2D eigenvalue weighted by Gasteiger charge is -2.25. The third-order valence-corrected chi connectivity index (χ3v) is 2.95. The van der Waals surface area contributed by atoms with E-state index in [1.54, 1.807) is 0 Å². The molecule has 0 amide bonds. The van der Waals surface area contributed by atoms with Gasteiger partial charge in [-0.15, -0.1) is 0 Å². The topological polar surface area (TPSA) is 29.3 Å². The maximum absolute atomic E-state index is 13.0. The van der Waals surface area contributed by atoms with E-state index in [-0.39, 0.29) is 11.9 Å². The van der Waals surface area contributed by atoms with Crippen LogP contribution < -0.4 is 5.73 Å². The quantitative estimate of drug-likeness (QED) is 0.841. The lowest BCUT2D eigenvalue weighted by Crippen LogP contribution is -2.21. The van der Waals surface area contributed by atoms with E-state index in [9.17, 15) is 4.39 Å². The van der Waals surface area contributed by atoms with Crippen molar-refractivity contribution >= 4 is 5.69 Å². The standard InChI is InChI=1S/C15H17FN2/c1-18(2)15(11-3-7-13(16)8-4-11)12-5-9-14(17)10-6-12/h3-10,15H,17H2,1-2H3. The van der Waals surface area contributed by atoms with Gasteiger partial charge in [0.15, 0.2) is 0 Å². The third-order valence-electron chi connectivity index (χ3n) is 2.95. The molecule has 1 atom stereocenters. The van der Waals surface area contributed by atoms with E-state index in [1.165, 1.54) is 12.1 Å². The van der Waals surface area contributed by atoms with Gasteiger partial charge in [-0.3, -0.25) is 4.90 Å². The Morgan fingerprint density at radius 1 is 0.889 bits per heavy atom. The number of halogens is 1. The van der Waals surface area contributed by atoms with Crippen molar-refractivity contribution in [2.24, 2.45) is 0 Å². The summed E-state index contributed by atoms with van der Waals surface area (Å²) in [5, 5.41) is 0. The molecule has 0 saturated heterocycles. The summed E-state index contributed by atoms with van der Waals surface area (Å²) in [6.45, 7) is 0. The Bertz CT molecular complexity index is 458.